The van der Waals surface area contributed by atoms with Crippen LogP contribution in [-0.2, 0) is 10.8 Å². The van der Waals surface area contributed by atoms with Crippen molar-refractivity contribution in [2.24, 2.45) is 0 Å². The summed E-state index contributed by atoms with van der Waals surface area (Å²) in [5.41, 5.74) is 7.43. The van der Waals surface area contributed by atoms with Gasteiger partial charge in [0.05, 0.1) is 28.6 Å². The molecule has 0 aliphatic rings. The highest BCUT2D eigenvalue weighted by Gasteiger charge is 2.09. The zero-order valence-electron chi connectivity index (χ0n) is 10.8. The average Bonchev–Trinajstić information content (AvgIpc) is 2.37. The number of aromatic amines is 1. The quantitative estimate of drug-likeness (QED) is 0.715. The number of nitrogens with zero attached hydrogens (tertiary/aromatic N) is 1. The van der Waals surface area contributed by atoms with Crippen LogP contribution in [0.2, 0.25) is 0 Å². The minimum absolute atomic E-state index is 0.0160. The van der Waals surface area contributed by atoms with Gasteiger partial charge in [-0.15, -0.1) is 0 Å². The number of fused-ring (bicyclic) bond motifs is 1. The SMILES string of the molecule is CC(CNc1cc2nc[nH]c(=O)c2cc1N)S(C)=O. The minimum atomic E-state index is -0.895. The highest BCUT2D eigenvalue weighted by atomic mass is 32.2. The van der Waals surface area contributed by atoms with Gasteiger partial charge in [0.15, 0.2) is 0 Å². The number of H-pyrrole nitrogens is 1. The molecule has 4 N–H and O–H groups in total. The fourth-order valence-electron chi connectivity index (χ4n) is 1.66. The summed E-state index contributed by atoms with van der Waals surface area (Å²) in [5.74, 6) is 0. The van der Waals surface area contributed by atoms with Crippen molar-refractivity contribution in [1.29, 1.82) is 0 Å². The lowest BCUT2D eigenvalue weighted by atomic mass is 10.2. The van der Waals surface area contributed by atoms with E-state index in [9.17, 15) is 9.00 Å². The molecule has 0 spiro atoms. The second-order valence-electron chi connectivity index (χ2n) is 4.38. The summed E-state index contributed by atoms with van der Waals surface area (Å²) in [6.07, 6.45) is 3.02. The zero-order chi connectivity index (χ0) is 14.0. The van der Waals surface area contributed by atoms with E-state index < -0.39 is 10.8 Å². The molecule has 19 heavy (non-hydrogen) atoms. The van der Waals surface area contributed by atoms with Crippen LogP contribution in [0.4, 0.5) is 11.4 Å². The topological polar surface area (TPSA) is 101 Å². The monoisotopic (exact) mass is 280 g/mol. The second kappa shape index (κ2) is 5.40. The van der Waals surface area contributed by atoms with Gasteiger partial charge in [-0.2, -0.15) is 0 Å². The molecule has 1 aromatic heterocycles. The van der Waals surface area contributed by atoms with Gasteiger partial charge in [0.2, 0.25) is 0 Å². The van der Waals surface area contributed by atoms with Crippen LogP contribution in [0.1, 0.15) is 6.92 Å². The number of hydrogen-bond donors (Lipinski definition) is 3. The van der Waals surface area contributed by atoms with Gasteiger partial charge >= 0.3 is 0 Å². The third-order valence-electron chi connectivity index (χ3n) is 2.96. The molecule has 0 bridgehead atoms. The third kappa shape index (κ3) is 2.93. The van der Waals surface area contributed by atoms with Gasteiger partial charge in [-0.1, -0.05) is 0 Å². The Labute approximate surface area is 112 Å². The van der Waals surface area contributed by atoms with E-state index in [1.54, 1.807) is 18.4 Å². The van der Waals surface area contributed by atoms with Crippen molar-refractivity contribution < 1.29 is 4.21 Å². The summed E-state index contributed by atoms with van der Waals surface area (Å²) in [7, 11) is -0.895. The first-order valence-corrected chi connectivity index (χ1v) is 7.44. The average molecular weight is 280 g/mol. The molecular formula is C12H16N4O2S. The molecule has 1 heterocycles. The number of aromatic nitrogens is 2. The second-order valence-corrected chi connectivity index (χ2v) is 6.18. The molecule has 0 fully saturated rings. The molecule has 1 aromatic carbocycles. The fraction of sp³-hybridized carbons (Fsp3) is 0.333. The lowest BCUT2D eigenvalue weighted by Crippen LogP contribution is -2.21. The number of nitrogens with two attached hydrogens (primary N) is 1. The van der Waals surface area contributed by atoms with Crippen molar-refractivity contribution in [3.8, 4) is 0 Å². The molecule has 2 rings (SSSR count). The summed E-state index contributed by atoms with van der Waals surface area (Å²) in [5, 5.41) is 3.61. The Balaban J connectivity index is 2.32. The van der Waals surface area contributed by atoms with Crippen molar-refractivity contribution in [1.82, 2.24) is 9.97 Å². The summed E-state index contributed by atoms with van der Waals surface area (Å²) < 4.78 is 11.3. The smallest absolute Gasteiger partial charge is 0.258 e. The maximum absolute atomic E-state index is 11.6. The Hall–Kier alpha value is -1.89. The van der Waals surface area contributed by atoms with Crippen LogP contribution in [-0.4, -0.2) is 32.2 Å². The molecule has 0 radical (unpaired) electrons. The Kier molecular flexibility index (Phi) is 3.84. The van der Waals surface area contributed by atoms with Crippen molar-refractivity contribution in [3.05, 3.63) is 28.8 Å². The molecule has 0 saturated carbocycles. The van der Waals surface area contributed by atoms with E-state index in [2.05, 4.69) is 15.3 Å². The van der Waals surface area contributed by atoms with Crippen LogP contribution in [0.5, 0.6) is 0 Å². The van der Waals surface area contributed by atoms with Gasteiger partial charge in [-0.3, -0.25) is 9.00 Å². The third-order valence-corrected chi connectivity index (χ3v) is 4.26. The molecular weight excluding hydrogens is 264 g/mol. The highest BCUT2D eigenvalue weighted by Crippen LogP contribution is 2.22. The van der Waals surface area contributed by atoms with Crippen molar-refractivity contribution in [2.45, 2.75) is 12.2 Å². The number of nitrogens with one attached hydrogen (secondary N) is 2. The van der Waals surface area contributed by atoms with Gasteiger partial charge in [0, 0.05) is 28.9 Å². The van der Waals surface area contributed by atoms with Crippen LogP contribution < -0.4 is 16.6 Å². The summed E-state index contributed by atoms with van der Waals surface area (Å²) in [6.45, 7) is 2.44. The van der Waals surface area contributed by atoms with E-state index in [1.807, 2.05) is 6.92 Å². The molecule has 6 nitrogen and oxygen atoms in total. The van der Waals surface area contributed by atoms with E-state index in [-0.39, 0.29) is 10.8 Å². The van der Waals surface area contributed by atoms with E-state index in [1.165, 1.54) is 6.33 Å². The highest BCUT2D eigenvalue weighted by molar-refractivity contribution is 7.84. The lowest BCUT2D eigenvalue weighted by molar-refractivity contribution is 0.679. The summed E-state index contributed by atoms with van der Waals surface area (Å²) in [6, 6.07) is 3.32. The van der Waals surface area contributed by atoms with Gasteiger partial charge in [-0.25, -0.2) is 4.98 Å². The van der Waals surface area contributed by atoms with E-state index in [4.69, 9.17) is 5.73 Å². The summed E-state index contributed by atoms with van der Waals surface area (Å²) in [4.78, 5) is 18.2. The first-order chi connectivity index (χ1) is 8.99. The first kappa shape index (κ1) is 13.5. The van der Waals surface area contributed by atoms with Crippen LogP contribution >= 0.6 is 0 Å². The fourth-order valence-corrected chi connectivity index (χ4v) is 1.97. The van der Waals surface area contributed by atoms with Crippen LogP contribution in [0.3, 0.4) is 0 Å². The Morgan fingerprint density at radius 1 is 1.53 bits per heavy atom. The minimum Gasteiger partial charge on any atom is -0.397 e. The molecule has 0 aliphatic heterocycles. The van der Waals surface area contributed by atoms with E-state index in [0.717, 1.165) is 0 Å². The van der Waals surface area contributed by atoms with E-state index >= 15 is 0 Å². The predicted octanol–water partition coefficient (Wildman–Crippen LogP) is 0.684. The molecule has 2 aromatic rings. The van der Waals surface area contributed by atoms with Crippen LogP contribution in [0, 0.1) is 0 Å². The largest absolute Gasteiger partial charge is 0.397 e. The maximum Gasteiger partial charge on any atom is 0.258 e. The summed E-state index contributed by atoms with van der Waals surface area (Å²) >= 11 is 0. The predicted molar refractivity (Wildman–Crippen MR) is 78.8 cm³/mol. The molecule has 0 aliphatic carbocycles. The van der Waals surface area contributed by atoms with Crippen LogP contribution in [0.25, 0.3) is 10.9 Å². The van der Waals surface area contributed by atoms with Crippen molar-refractivity contribution >= 4 is 33.1 Å². The molecule has 102 valence electrons. The Bertz CT molecular complexity index is 683. The number of benzene rings is 1. The number of nitrogen functional groups attached to an aromatic ring is 1. The number of anilines is 2. The lowest BCUT2D eigenvalue weighted by Gasteiger charge is -2.13. The zero-order valence-corrected chi connectivity index (χ0v) is 11.6. The number of rotatable bonds is 4. The van der Waals surface area contributed by atoms with Crippen molar-refractivity contribution in [3.63, 3.8) is 0 Å². The van der Waals surface area contributed by atoms with Gasteiger partial charge in [0.1, 0.15) is 0 Å². The van der Waals surface area contributed by atoms with Crippen LogP contribution in [0.15, 0.2) is 23.3 Å². The van der Waals surface area contributed by atoms with Gasteiger partial charge in [-0.05, 0) is 19.1 Å². The maximum atomic E-state index is 11.6. The first-order valence-electron chi connectivity index (χ1n) is 5.82. The molecule has 2 atom stereocenters. The normalized spacial score (nSPS) is 14.2. The molecule has 0 saturated heterocycles. The van der Waals surface area contributed by atoms with Gasteiger partial charge in [0.25, 0.3) is 5.56 Å². The molecule has 0 amide bonds. The Morgan fingerprint density at radius 3 is 2.95 bits per heavy atom. The molecule has 2 unspecified atom stereocenters. The Morgan fingerprint density at radius 2 is 2.26 bits per heavy atom. The number of hydrogen-bond acceptors (Lipinski definition) is 5. The van der Waals surface area contributed by atoms with Gasteiger partial charge < -0.3 is 16.0 Å². The van der Waals surface area contributed by atoms with Crippen molar-refractivity contribution in [2.75, 3.05) is 23.9 Å². The van der Waals surface area contributed by atoms with E-state index in [0.29, 0.717) is 28.8 Å². The standard InChI is InChI=1S/C12H16N4O2S/c1-7(19(2)18)5-14-11-4-10-8(3-9(11)13)12(17)16-6-15-10/h3-4,6-7,14H,5,13H2,1-2H3,(H,15,16,17). The molecule has 7 heteroatoms.